The standard InChI is InChI=1S/C17H26N2O3S/c20-17(16-6-7-16)14-18-9-11-19(12-10-18)23(21,22)13-8-15-4-2-1-3-5-15/h1-5,16-17,20H,6-14H2/t17-/m0/s1. The smallest absolute Gasteiger partial charge is 0.214 e. The van der Waals surface area contributed by atoms with Crippen molar-refractivity contribution in [1.82, 2.24) is 9.21 Å². The minimum Gasteiger partial charge on any atom is -0.392 e. The lowest BCUT2D eigenvalue weighted by Gasteiger charge is -2.35. The first-order valence-electron chi connectivity index (χ1n) is 8.47. The van der Waals surface area contributed by atoms with Crippen LogP contribution in [0.15, 0.2) is 30.3 Å². The molecule has 0 amide bonds. The zero-order chi connectivity index (χ0) is 16.3. The molecular weight excluding hydrogens is 312 g/mol. The van der Waals surface area contributed by atoms with Crippen LogP contribution in [0.4, 0.5) is 0 Å². The van der Waals surface area contributed by atoms with Gasteiger partial charge in [-0.25, -0.2) is 8.42 Å². The van der Waals surface area contributed by atoms with Crippen LogP contribution < -0.4 is 0 Å². The molecule has 2 aliphatic rings. The first-order valence-corrected chi connectivity index (χ1v) is 10.1. The van der Waals surface area contributed by atoms with Gasteiger partial charge in [0.1, 0.15) is 0 Å². The average molecular weight is 338 g/mol. The Labute approximate surface area is 139 Å². The zero-order valence-electron chi connectivity index (χ0n) is 13.5. The van der Waals surface area contributed by atoms with Gasteiger partial charge in [-0.05, 0) is 30.7 Å². The van der Waals surface area contributed by atoms with Crippen LogP contribution in [0.25, 0.3) is 0 Å². The number of benzene rings is 1. The summed E-state index contributed by atoms with van der Waals surface area (Å²) in [6.07, 6.45) is 2.59. The van der Waals surface area contributed by atoms with Gasteiger partial charge in [-0.2, -0.15) is 4.31 Å². The van der Waals surface area contributed by atoms with Crippen LogP contribution in [-0.2, 0) is 16.4 Å². The SMILES string of the molecule is O=S(=O)(CCc1ccccc1)N1CCN(C[C@H](O)C2CC2)CC1. The lowest BCUT2D eigenvalue weighted by Crippen LogP contribution is -2.51. The van der Waals surface area contributed by atoms with Crippen molar-refractivity contribution in [3.05, 3.63) is 35.9 Å². The van der Waals surface area contributed by atoms with E-state index in [1.807, 2.05) is 30.3 Å². The minimum absolute atomic E-state index is 0.168. The highest BCUT2D eigenvalue weighted by Crippen LogP contribution is 2.32. The van der Waals surface area contributed by atoms with E-state index in [-0.39, 0.29) is 11.9 Å². The number of rotatable bonds is 7. The molecule has 1 saturated carbocycles. The highest BCUT2D eigenvalue weighted by Gasteiger charge is 2.33. The summed E-state index contributed by atoms with van der Waals surface area (Å²) in [5, 5.41) is 10.0. The fourth-order valence-electron chi connectivity index (χ4n) is 3.11. The van der Waals surface area contributed by atoms with Gasteiger partial charge in [0.15, 0.2) is 0 Å². The summed E-state index contributed by atoms with van der Waals surface area (Å²) in [4.78, 5) is 2.19. The van der Waals surface area contributed by atoms with Crippen LogP contribution in [-0.4, -0.2) is 67.3 Å². The lowest BCUT2D eigenvalue weighted by atomic mass is 10.2. The second-order valence-corrected chi connectivity index (χ2v) is 8.74. The Bertz CT molecular complexity index is 594. The number of piperazine rings is 1. The molecule has 3 rings (SSSR count). The molecule has 1 heterocycles. The summed E-state index contributed by atoms with van der Waals surface area (Å²) in [7, 11) is -3.19. The first kappa shape index (κ1) is 16.9. The predicted octanol–water partition coefficient (Wildman–Crippen LogP) is 0.947. The van der Waals surface area contributed by atoms with Crippen LogP contribution in [0.2, 0.25) is 0 Å². The van der Waals surface area contributed by atoms with Crippen molar-refractivity contribution in [2.45, 2.75) is 25.4 Å². The van der Waals surface area contributed by atoms with E-state index in [2.05, 4.69) is 4.90 Å². The van der Waals surface area contributed by atoms with Gasteiger partial charge < -0.3 is 5.11 Å². The molecule has 0 unspecified atom stereocenters. The van der Waals surface area contributed by atoms with E-state index in [0.717, 1.165) is 18.4 Å². The molecule has 1 atom stereocenters. The molecule has 1 aliphatic heterocycles. The number of sulfonamides is 1. The van der Waals surface area contributed by atoms with Crippen molar-refractivity contribution in [3.63, 3.8) is 0 Å². The lowest BCUT2D eigenvalue weighted by molar-refractivity contribution is 0.0782. The molecule has 0 spiro atoms. The molecule has 0 bridgehead atoms. The van der Waals surface area contributed by atoms with Gasteiger partial charge in [0.05, 0.1) is 11.9 Å². The average Bonchev–Trinajstić information content (AvgIpc) is 3.40. The van der Waals surface area contributed by atoms with Crippen molar-refractivity contribution in [1.29, 1.82) is 0 Å². The maximum Gasteiger partial charge on any atom is 0.214 e. The Morgan fingerprint density at radius 3 is 2.35 bits per heavy atom. The minimum atomic E-state index is -3.19. The van der Waals surface area contributed by atoms with Crippen molar-refractivity contribution < 1.29 is 13.5 Å². The summed E-state index contributed by atoms with van der Waals surface area (Å²) < 4.78 is 26.5. The number of aliphatic hydroxyl groups excluding tert-OH is 1. The number of nitrogens with zero attached hydrogens (tertiary/aromatic N) is 2. The first-order chi connectivity index (χ1) is 11.0. The fraction of sp³-hybridized carbons (Fsp3) is 0.647. The van der Waals surface area contributed by atoms with Gasteiger partial charge in [0, 0.05) is 32.7 Å². The normalized spacial score (nSPS) is 22.1. The van der Waals surface area contributed by atoms with E-state index in [0.29, 0.717) is 45.1 Å². The molecule has 23 heavy (non-hydrogen) atoms. The van der Waals surface area contributed by atoms with Crippen molar-refractivity contribution in [2.75, 3.05) is 38.5 Å². The van der Waals surface area contributed by atoms with Crippen LogP contribution in [0, 0.1) is 5.92 Å². The van der Waals surface area contributed by atoms with E-state index in [4.69, 9.17) is 0 Å². The summed E-state index contributed by atoms with van der Waals surface area (Å²) in [6, 6.07) is 9.74. The molecule has 1 saturated heterocycles. The second kappa shape index (κ2) is 7.30. The molecule has 1 aromatic rings. The van der Waals surface area contributed by atoms with Crippen LogP contribution in [0.1, 0.15) is 18.4 Å². The monoisotopic (exact) mass is 338 g/mol. The highest BCUT2D eigenvalue weighted by atomic mass is 32.2. The third kappa shape index (κ3) is 4.76. The topological polar surface area (TPSA) is 60.9 Å². The van der Waals surface area contributed by atoms with Gasteiger partial charge in [0.25, 0.3) is 0 Å². The molecule has 128 valence electrons. The number of aliphatic hydroxyl groups is 1. The van der Waals surface area contributed by atoms with E-state index < -0.39 is 10.0 Å². The quantitative estimate of drug-likeness (QED) is 0.804. The third-order valence-electron chi connectivity index (χ3n) is 4.83. The highest BCUT2D eigenvalue weighted by molar-refractivity contribution is 7.89. The van der Waals surface area contributed by atoms with Crippen molar-refractivity contribution >= 4 is 10.0 Å². The summed E-state index contributed by atoms with van der Waals surface area (Å²) in [5.74, 6) is 0.643. The summed E-state index contributed by atoms with van der Waals surface area (Å²) in [5.41, 5.74) is 1.06. The number of hydrogen-bond donors (Lipinski definition) is 1. The largest absolute Gasteiger partial charge is 0.392 e. The maximum atomic E-state index is 12.5. The molecule has 6 heteroatoms. The van der Waals surface area contributed by atoms with Crippen LogP contribution >= 0.6 is 0 Å². The Kier molecular flexibility index (Phi) is 5.36. The predicted molar refractivity (Wildman–Crippen MR) is 90.7 cm³/mol. The fourth-order valence-corrected chi connectivity index (χ4v) is 4.58. The summed E-state index contributed by atoms with van der Waals surface area (Å²) in [6.45, 7) is 3.19. The van der Waals surface area contributed by atoms with Gasteiger partial charge in [-0.15, -0.1) is 0 Å². The van der Waals surface area contributed by atoms with E-state index in [1.54, 1.807) is 4.31 Å². The van der Waals surface area contributed by atoms with Gasteiger partial charge in [0.2, 0.25) is 10.0 Å². The number of aryl methyl sites for hydroxylation is 1. The van der Waals surface area contributed by atoms with Gasteiger partial charge >= 0.3 is 0 Å². The molecular formula is C17H26N2O3S. The number of hydrogen-bond acceptors (Lipinski definition) is 4. The Morgan fingerprint density at radius 2 is 1.74 bits per heavy atom. The van der Waals surface area contributed by atoms with E-state index >= 15 is 0 Å². The second-order valence-electron chi connectivity index (χ2n) is 6.66. The van der Waals surface area contributed by atoms with E-state index in [9.17, 15) is 13.5 Å². The number of β-amino-alcohol motifs (C(OH)–C–C–N with tert-alkyl or cyclic N) is 1. The third-order valence-corrected chi connectivity index (χ3v) is 6.70. The van der Waals surface area contributed by atoms with Crippen molar-refractivity contribution in [2.24, 2.45) is 5.92 Å². The Hall–Kier alpha value is -0.950. The molecule has 1 N–H and O–H groups in total. The molecule has 0 aromatic heterocycles. The molecule has 1 aromatic carbocycles. The maximum absolute atomic E-state index is 12.5. The molecule has 2 fully saturated rings. The van der Waals surface area contributed by atoms with Gasteiger partial charge in [-0.3, -0.25) is 4.90 Å². The van der Waals surface area contributed by atoms with Gasteiger partial charge in [-0.1, -0.05) is 30.3 Å². The molecule has 0 radical (unpaired) electrons. The molecule has 1 aliphatic carbocycles. The summed E-state index contributed by atoms with van der Waals surface area (Å²) >= 11 is 0. The van der Waals surface area contributed by atoms with E-state index in [1.165, 1.54) is 0 Å². The van der Waals surface area contributed by atoms with Crippen LogP contribution in [0.3, 0.4) is 0 Å². The Balaban J connectivity index is 1.46. The van der Waals surface area contributed by atoms with Crippen molar-refractivity contribution in [3.8, 4) is 0 Å². The van der Waals surface area contributed by atoms with Crippen LogP contribution in [0.5, 0.6) is 0 Å². The Morgan fingerprint density at radius 1 is 1.09 bits per heavy atom. The molecule has 5 nitrogen and oxygen atoms in total. The zero-order valence-corrected chi connectivity index (χ0v) is 14.3.